The summed E-state index contributed by atoms with van der Waals surface area (Å²) < 4.78 is 48.0. The third-order valence-electron chi connectivity index (χ3n) is 6.27. The first-order valence-corrected chi connectivity index (χ1v) is 9.67. The summed E-state index contributed by atoms with van der Waals surface area (Å²) in [5.41, 5.74) is 0.593. The summed E-state index contributed by atoms with van der Waals surface area (Å²) in [6.45, 7) is 5.17. The summed E-state index contributed by atoms with van der Waals surface area (Å²) in [6.07, 6.45) is -2.64. The molecule has 1 heterocycles. The molecule has 2 saturated carbocycles. The number of guanidine groups is 1. The molecule has 2 N–H and O–H groups in total. The van der Waals surface area contributed by atoms with Crippen molar-refractivity contribution in [1.82, 2.24) is 10.6 Å². The molecule has 1 aromatic carbocycles. The highest BCUT2D eigenvalue weighted by Crippen LogP contribution is 2.52. The van der Waals surface area contributed by atoms with Gasteiger partial charge in [0.15, 0.2) is 5.96 Å². The van der Waals surface area contributed by atoms with E-state index in [1.807, 2.05) is 0 Å². The molecule has 9 heteroatoms. The lowest BCUT2D eigenvalue weighted by atomic mass is 9.57. The lowest BCUT2D eigenvalue weighted by molar-refractivity contribution is -0.274. The maximum absolute atomic E-state index is 12.7. The molecule has 3 fully saturated rings. The molecule has 5 nitrogen and oxygen atoms in total. The van der Waals surface area contributed by atoms with Crippen LogP contribution in [0.2, 0.25) is 0 Å². The molecule has 5 atom stereocenters. The van der Waals surface area contributed by atoms with Crippen molar-refractivity contribution in [3.05, 3.63) is 29.8 Å². The zero-order valence-electron chi connectivity index (χ0n) is 16.6. The van der Waals surface area contributed by atoms with Gasteiger partial charge in [0, 0.05) is 43.0 Å². The minimum absolute atomic E-state index is 0. The molecule has 1 saturated heterocycles. The zero-order valence-corrected chi connectivity index (χ0v) is 19.0. The standard InChI is InChI=1S/C20H26F3N3O2.HI/c1-19(2)16(12-8-9-27-17(12)19)26-18(24-3)25-14-10-13(14)11-6-4-5-7-15(11)28-20(21,22)23;/h4-7,12-14,16-17H,8-10H2,1-3H3,(H2,24,25,26);1H. The molecule has 2 aliphatic carbocycles. The molecule has 0 spiro atoms. The number of alkyl halides is 3. The molecule has 4 rings (SSSR count). The van der Waals surface area contributed by atoms with Gasteiger partial charge in [-0.3, -0.25) is 4.99 Å². The van der Waals surface area contributed by atoms with E-state index in [0.717, 1.165) is 19.4 Å². The van der Waals surface area contributed by atoms with Gasteiger partial charge in [-0.25, -0.2) is 0 Å². The van der Waals surface area contributed by atoms with Crippen LogP contribution in [0.25, 0.3) is 0 Å². The van der Waals surface area contributed by atoms with Crippen molar-refractivity contribution in [2.24, 2.45) is 16.3 Å². The van der Waals surface area contributed by atoms with Gasteiger partial charge in [-0.15, -0.1) is 37.1 Å². The molecule has 5 unspecified atom stereocenters. The SMILES string of the molecule is CN=C(NC1CC1c1ccccc1OC(F)(F)F)NC1C2CCOC2C1(C)C.I. The van der Waals surface area contributed by atoms with Gasteiger partial charge >= 0.3 is 6.36 Å². The molecule has 1 aromatic rings. The fourth-order valence-corrected chi connectivity index (χ4v) is 4.81. The minimum atomic E-state index is -4.69. The average Bonchev–Trinajstić information content (AvgIpc) is 3.22. The summed E-state index contributed by atoms with van der Waals surface area (Å²) >= 11 is 0. The van der Waals surface area contributed by atoms with E-state index in [0.29, 0.717) is 17.4 Å². The number of nitrogens with zero attached hydrogens (tertiary/aromatic N) is 1. The molecule has 1 aliphatic heterocycles. The summed E-state index contributed by atoms with van der Waals surface area (Å²) in [5, 5.41) is 6.87. The van der Waals surface area contributed by atoms with Crippen LogP contribution in [0.3, 0.4) is 0 Å². The van der Waals surface area contributed by atoms with Gasteiger partial charge in [0.2, 0.25) is 0 Å². The monoisotopic (exact) mass is 525 g/mol. The molecule has 162 valence electrons. The van der Waals surface area contributed by atoms with Crippen molar-refractivity contribution in [3.8, 4) is 5.75 Å². The molecule has 29 heavy (non-hydrogen) atoms. The Labute approximate surface area is 185 Å². The van der Waals surface area contributed by atoms with E-state index in [9.17, 15) is 13.2 Å². The average molecular weight is 525 g/mol. The third-order valence-corrected chi connectivity index (χ3v) is 6.27. The van der Waals surface area contributed by atoms with E-state index in [4.69, 9.17) is 4.74 Å². The van der Waals surface area contributed by atoms with Crippen LogP contribution in [0.1, 0.15) is 38.2 Å². The van der Waals surface area contributed by atoms with E-state index in [1.165, 1.54) is 6.07 Å². The highest BCUT2D eigenvalue weighted by atomic mass is 127. The lowest BCUT2D eigenvalue weighted by Gasteiger charge is -2.54. The number of rotatable bonds is 4. The predicted octanol–water partition coefficient (Wildman–Crippen LogP) is 4.04. The van der Waals surface area contributed by atoms with Crippen LogP contribution >= 0.6 is 24.0 Å². The van der Waals surface area contributed by atoms with Crippen LogP contribution in [0, 0.1) is 11.3 Å². The second-order valence-electron chi connectivity index (χ2n) is 8.44. The fraction of sp³-hybridized carbons (Fsp3) is 0.650. The number of benzene rings is 1. The van der Waals surface area contributed by atoms with Gasteiger partial charge in [-0.1, -0.05) is 32.0 Å². The van der Waals surface area contributed by atoms with Crippen molar-refractivity contribution >= 4 is 29.9 Å². The fourth-order valence-electron chi connectivity index (χ4n) is 4.81. The highest BCUT2D eigenvalue weighted by Gasteiger charge is 2.59. The summed E-state index contributed by atoms with van der Waals surface area (Å²) in [7, 11) is 1.71. The van der Waals surface area contributed by atoms with Crippen LogP contribution in [-0.4, -0.2) is 44.2 Å². The molecule has 0 radical (unpaired) electrons. The summed E-state index contributed by atoms with van der Waals surface area (Å²) in [6, 6.07) is 6.64. The quantitative estimate of drug-likeness (QED) is 0.354. The van der Waals surface area contributed by atoms with Gasteiger partial charge in [0.1, 0.15) is 5.75 Å². The topological polar surface area (TPSA) is 54.9 Å². The third kappa shape index (κ3) is 4.45. The van der Waals surface area contributed by atoms with Gasteiger partial charge in [-0.05, 0) is 24.5 Å². The van der Waals surface area contributed by atoms with Crippen molar-refractivity contribution in [2.45, 2.75) is 57.2 Å². The number of para-hydroxylation sites is 1. The Morgan fingerprint density at radius 1 is 1.24 bits per heavy atom. The molecule has 3 aliphatic rings. The smallest absolute Gasteiger partial charge is 0.405 e. The molecule has 0 amide bonds. The minimum Gasteiger partial charge on any atom is -0.405 e. The summed E-state index contributed by atoms with van der Waals surface area (Å²) in [4.78, 5) is 4.32. The molecular formula is C20H27F3IN3O2. The van der Waals surface area contributed by atoms with Crippen molar-refractivity contribution in [3.63, 3.8) is 0 Å². The Morgan fingerprint density at radius 2 is 1.97 bits per heavy atom. The number of nitrogens with one attached hydrogen (secondary N) is 2. The van der Waals surface area contributed by atoms with E-state index in [1.54, 1.807) is 25.2 Å². The van der Waals surface area contributed by atoms with Gasteiger partial charge in [-0.2, -0.15) is 0 Å². The maximum atomic E-state index is 12.7. The largest absolute Gasteiger partial charge is 0.573 e. The Hall–Kier alpha value is -1.23. The van der Waals surface area contributed by atoms with Gasteiger partial charge in [0.25, 0.3) is 0 Å². The van der Waals surface area contributed by atoms with E-state index < -0.39 is 6.36 Å². The lowest BCUT2D eigenvalue weighted by Crippen LogP contribution is -2.68. The van der Waals surface area contributed by atoms with Crippen LogP contribution in [0.4, 0.5) is 13.2 Å². The number of ether oxygens (including phenoxy) is 2. The number of halogens is 4. The Balaban J connectivity index is 0.00000240. The van der Waals surface area contributed by atoms with Crippen molar-refractivity contribution in [2.75, 3.05) is 13.7 Å². The van der Waals surface area contributed by atoms with E-state index in [-0.39, 0.29) is 59.2 Å². The molecule has 0 bridgehead atoms. The Kier molecular flexibility index (Phi) is 6.29. The van der Waals surface area contributed by atoms with Crippen LogP contribution < -0.4 is 15.4 Å². The first-order chi connectivity index (χ1) is 13.2. The summed E-state index contributed by atoms with van der Waals surface area (Å²) in [5.74, 6) is 1.00. The van der Waals surface area contributed by atoms with Crippen LogP contribution in [-0.2, 0) is 4.74 Å². The second-order valence-corrected chi connectivity index (χ2v) is 8.44. The number of hydrogen-bond acceptors (Lipinski definition) is 3. The zero-order chi connectivity index (χ0) is 20.1. The van der Waals surface area contributed by atoms with E-state index in [2.05, 4.69) is 34.2 Å². The van der Waals surface area contributed by atoms with Gasteiger partial charge < -0.3 is 20.1 Å². The van der Waals surface area contributed by atoms with Crippen molar-refractivity contribution < 1.29 is 22.6 Å². The first kappa shape index (κ1) is 22.5. The van der Waals surface area contributed by atoms with Crippen LogP contribution in [0.15, 0.2) is 29.3 Å². The highest BCUT2D eigenvalue weighted by molar-refractivity contribution is 14.0. The van der Waals surface area contributed by atoms with E-state index >= 15 is 0 Å². The Morgan fingerprint density at radius 3 is 2.66 bits per heavy atom. The second kappa shape index (κ2) is 8.13. The number of aliphatic imine (C=N–C) groups is 1. The predicted molar refractivity (Wildman–Crippen MR) is 115 cm³/mol. The van der Waals surface area contributed by atoms with Crippen LogP contribution in [0.5, 0.6) is 5.75 Å². The molecule has 0 aromatic heterocycles. The van der Waals surface area contributed by atoms with Crippen molar-refractivity contribution in [1.29, 1.82) is 0 Å². The van der Waals surface area contributed by atoms with Gasteiger partial charge in [0.05, 0.1) is 6.10 Å². The number of fused-ring (bicyclic) bond motifs is 1. The normalized spacial score (nSPS) is 32.5. The first-order valence-electron chi connectivity index (χ1n) is 9.67. The maximum Gasteiger partial charge on any atom is 0.573 e. The number of hydrogen-bond donors (Lipinski definition) is 2. The molecular weight excluding hydrogens is 498 g/mol. The Bertz CT molecular complexity index is 772.